The number of phenols is 1. The molecule has 0 bridgehead atoms. The fourth-order valence-electron chi connectivity index (χ4n) is 2.22. The van der Waals surface area contributed by atoms with Crippen molar-refractivity contribution >= 4 is 41.2 Å². The van der Waals surface area contributed by atoms with E-state index >= 15 is 0 Å². The molecule has 0 heterocycles. The highest BCUT2D eigenvalue weighted by Gasteiger charge is 2.24. The van der Waals surface area contributed by atoms with E-state index in [9.17, 15) is 14.7 Å². The second-order valence-electron chi connectivity index (χ2n) is 6.14. The number of nitrogens with zero attached hydrogens (tertiary/aromatic N) is 1. The van der Waals surface area contributed by atoms with Crippen molar-refractivity contribution < 1.29 is 14.7 Å². The van der Waals surface area contributed by atoms with E-state index in [2.05, 4.69) is 15.8 Å². The van der Waals surface area contributed by atoms with Crippen LogP contribution in [0.25, 0.3) is 0 Å². The quantitative estimate of drug-likeness (QED) is 0.504. The molecule has 0 aromatic heterocycles. The van der Waals surface area contributed by atoms with Gasteiger partial charge in [-0.25, -0.2) is 5.43 Å². The minimum atomic E-state index is -0.793. The Morgan fingerprint density at radius 3 is 2.33 bits per heavy atom. The lowest BCUT2D eigenvalue weighted by Gasteiger charge is -2.20. The Labute approximate surface area is 167 Å². The third kappa shape index (κ3) is 5.98. The van der Waals surface area contributed by atoms with Gasteiger partial charge in [0.15, 0.2) is 0 Å². The first-order valence-electron chi connectivity index (χ1n) is 8.16. The number of nitrogens with one attached hydrogen (secondary N) is 2. The molecular formula is C19H19Cl2N3O3. The van der Waals surface area contributed by atoms with Gasteiger partial charge in [-0.15, -0.1) is 0 Å². The van der Waals surface area contributed by atoms with Crippen molar-refractivity contribution in [2.45, 2.75) is 19.9 Å². The lowest BCUT2D eigenvalue weighted by atomic mass is 10.0. The molecule has 8 heteroatoms. The standard InChI is InChI=1S/C19H19Cl2N3O3/c1-11(2)17(23-18(26)12-3-5-14(20)6-4-12)19(27)24-22-10-13-9-15(21)7-8-16(13)25/h3-11,17,25H,1-2H3,(H,23,26)(H,24,27)/b22-10+. The van der Waals surface area contributed by atoms with Crippen molar-refractivity contribution in [1.29, 1.82) is 0 Å². The van der Waals surface area contributed by atoms with E-state index in [1.54, 1.807) is 38.1 Å². The van der Waals surface area contributed by atoms with Gasteiger partial charge in [0.1, 0.15) is 11.8 Å². The zero-order valence-electron chi connectivity index (χ0n) is 14.7. The fourth-order valence-corrected chi connectivity index (χ4v) is 2.53. The second kappa shape index (κ2) is 9.39. The molecule has 2 amide bonds. The number of benzene rings is 2. The number of hydrogen-bond acceptors (Lipinski definition) is 4. The van der Waals surface area contributed by atoms with Crippen LogP contribution in [0.5, 0.6) is 5.75 Å². The number of halogens is 2. The van der Waals surface area contributed by atoms with Crippen LogP contribution in [0.2, 0.25) is 10.0 Å². The van der Waals surface area contributed by atoms with E-state index in [0.29, 0.717) is 21.2 Å². The smallest absolute Gasteiger partial charge is 0.262 e. The van der Waals surface area contributed by atoms with Gasteiger partial charge in [0.2, 0.25) is 0 Å². The number of aromatic hydroxyl groups is 1. The van der Waals surface area contributed by atoms with E-state index in [-0.39, 0.29) is 11.7 Å². The first-order chi connectivity index (χ1) is 12.8. The summed E-state index contributed by atoms with van der Waals surface area (Å²) in [5.74, 6) is -1.06. The molecule has 0 fully saturated rings. The van der Waals surface area contributed by atoms with Crippen LogP contribution in [-0.4, -0.2) is 29.2 Å². The van der Waals surface area contributed by atoms with Gasteiger partial charge in [0, 0.05) is 21.2 Å². The van der Waals surface area contributed by atoms with E-state index in [1.165, 1.54) is 24.4 Å². The van der Waals surface area contributed by atoms with E-state index < -0.39 is 17.9 Å². The molecule has 2 rings (SSSR count). The molecule has 2 aromatic carbocycles. The average Bonchev–Trinajstić information content (AvgIpc) is 2.62. The summed E-state index contributed by atoms with van der Waals surface area (Å²) in [6, 6.07) is 10.0. The Hall–Kier alpha value is -2.57. The highest BCUT2D eigenvalue weighted by atomic mass is 35.5. The normalized spacial score (nSPS) is 12.2. The third-order valence-electron chi connectivity index (χ3n) is 3.71. The molecule has 1 atom stereocenters. The number of amides is 2. The molecule has 27 heavy (non-hydrogen) atoms. The zero-order valence-corrected chi connectivity index (χ0v) is 16.3. The van der Waals surface area contributed by atoms with Gasteiger partial charge in [-0.05, 0) is 48.4 Å². The predicted molar refractivity (Wildman–Crippen MR) is 106 cm³/mol. The molecule has 0 aliphatic heterocycles. The topological polar surface area (TPSA) is 90.8 Å². The van der Waals surface area contributed by atoms with Crippen molar-refractivity contribution in [2.75, 3.05) is 0 Å². The van der Waals surface area contributed by atoms with Crippen molar-refractivity contribution in [3.63, 3.8) is 0 Å². The van der Waals surface area contributed by atoms with Crippen LogP contribution in [0.4, 0.5) is 0 Å². The number of carbonyl (C=O) groups excluding carboxylic acids is 2. The van der Waals surface area contributed by atoms with Crippen LogP contribution < -0.4 is 10.7 Å². The summed E-state index contributed by atoms with van der Waals surface area (Å²) in [5.41, 5.74) is 3.12. The molecule has 6 nitrogen and oxygen atoms in total. The summed E-state index contributed by atoms with van der Waals surface area (Å²) < 4.78 is 0. The van der Waals surface area contributed by atoms with Gasteiger partial charge in [-0.2, -0.15) is 5.10 Å². The van der Waals surface area contributed by atoms with Gasteiger partial charge in [-0.1, -0.05) is 37.0 Å². The Morgan fingerprint density at radius 1 is 1.07 bits per heavy atom. The van der Waals surface area contributed by atoms with Crippen molar-refractivity contribution in [1.82, 2.24) is 10.7 Å². The summed E-state index contributed by atoms with van der Waals surface area (Å²) in [6.45, 7) is 3.61. The lowest BCUT2D eigenvalue weighted by Crippen LogP contribution is -2.48. The van der Waals surface area contributed by atoms with Gasteiger partial charge in [-0.3, -0.25) is 9.59 Å². The Morgan fingerprint density at radius 2 is 1.70 bits per heavy atom. The van der Waals surface area contributed by atoms with Crippen molar-refractivity contribution in [3.05, 3.63) is 63.6 Å². The highest BCUT2D eigenvalue weighted by molar-refractivity contribution is 6.31. The molecule has 142 valence electrons. The molecule has 0 saturated heterocycles. The number of phenolic OH excluding ortho intramolecular Hbond substituents is 1. The number of carbonyl (C=O) groups is 2. The average molecular weight is 408 g/mol. The monoisotopic (exact) mass is 407 g/mol. The third-order valence-corrected chi connectivity index (χ3v) is 4.20. The van der Waals surface area contributed by atoms with E-state index in [1.807, 2.05) is 0 Å². The summed E-state index contributed by atoms with van der Waals surface area (Å²) in [7, 11) is 0. The molecule has 3 N–H and O–H groups in total. The van der Waals surface area contributed by atoms with Crippen molar-refractivity contribution in [2.24, 2.45) is 11.0 Å². The molecule has 0 aliphatic rings. The summed E-state index contributed by atoms with van der Waals surface area (Å²) in [5, 5.41) is 17.2. The maximum absolute atomic E-state index is 12.4. The Balaban J connectivity index is 2.04. The van der Waals surface area contributed by atoms with Crippen LogP contribution in [0.15, 0.2) is 47.6 Å². The van der Waals surface area contributed by atoms with E-state index in [0.717, 1.165) is 0 Å². The molecule has 0 saturated carbocycles. The maximum atomic E-state index is 12.4. The van der Waals surface area contributed by atoms with Crippen LogP contribution in [0.3, 0.4) is 0 Å². The summed E-state index contributed by atoms with van der Waals surface area (Å²) in [6.07, 6.45) is 1.28. The fraction of sp³-hybridized carbons (Fsp3) is 0.211. The summed E-state index contributed by atoms with van der Waals surface area (Å²) in [4.78, 5) is 24.7. The second-order valence-corrected chi connectivity index (χ2v) is 7.01. The molecule has 1 unspecified atom stereocenters. The first kappa shape index (κ1) is 20.7. The van der Waals surface area contributed by atoms with Gasteiger partial charge < -0.3 is 10.4 Å². The number of hydrazone groups is 1. The number of rotatable bonds is 6. The minimum absolute atomic E-state index is 0.0196. The molecule has 0 aliphatic carbocycles. The lowest BCUT2D eigenvalue weighted by molar-refractivity contribution is -0.123. The minimum Gasteiger partial charge on any atom is -0.507 e. The molecular weight excluding hydrogens is 389 g/mol. The van der Waals surface area contributed by atoms with Crippen LogP contribution in [0, 0.1) is 5.92 Å². The first-order valence-corrected chi connectivity index (χ1v) is 8.91. The Bertz CT molecular complexity index is 852. The SMILES string of the molecule is CC(C)C(NC(=O)c1ccc(Cl)cc1)C(=O)N/N=C/c1cc(Cl)ccc1O. The molecule has 2 aromatic rings. The van der Waals surface area contributed by atoms with Gasteiger partial charge in [0.25, 0.3) is 11.8 Å². The van der Waals surface area contributed by atoms with Crippen LogP contribution >= 0.6 is 23.2 Å². The summed E-state index contributed by atoms with van der Waals surface area (Å²) >= 11 is 11.7. The van der Waals surface area contributed by atoms with Crippen LogP contribution in [0.1, 0.15) is 29.8 Å². The van der Waals surface area contributed by atoms with Crippen LogP contribution in [-0.2, 0) is 4.79 Å². The Kier molecular flexibility index (Phi) is 7.21. The molecule has 0 spiro atoms. The molecule has 0 radical (unpaired) electrons. The number of hydrogen-bond donors (Lipinski definition) is 3. The van der Waals surface area contributed by atoms with E-state index in [4.69, 9.17) is 23.2 Å². The highest BCUT2D eigenvalue weighted by Crippen LogP contribution is 2.19. The maximum Gasteiger partial charge on any atom is 0.262 e. The van der Waals surface area contributed by atoms with Gasteiger partial charge >= 0.3 is 0 Å². The predicted octanol–water partition coefficient (Wildman–Crippen LogP) is 3.60. The van der Waals surface area contributed by atoms with Crippen molar-refractivity contribution in [3.8, 4) is 5.75 Å². The zero-order chi connectivity index (χ0) is 20.0. The largest absolute Gasteiger partial charge is 0.507 e. The van der Waals surface area contributed by atoms with Gasteiger partial charge in [0.05, 0.1) is 6.21 Å².